The topological polar surface area (TPSA) is 84.6 Å². The van der Waals surface area contributed by atoms with Gasteiger partial charge < -0.3 is 16.7 Å². The Hall–Kier alpha value is -1.71. The molecule has 13 heavy (non-hydrogen) atoms. The van der Waals surface area contributed by atoms with Crippen molar-refractivity contribution in [3.8, 4) is 0 Å². The molecule has 4 nitrogen and oxygen atoms in total. The van der Waals surface area contributed by atoms with Crippen molar-refractivity contribution in [2.24, 2.45) is 10.9 Å². The van der Waals surface area contributed by atoms with E-state index in [1.165, 1.54) is 0 Å². The van der Waals surface area contributed by atoms with Crippen molar-refractivity contribution in [3.05, 3.63) is 29.3 Å². The quantitative estimate of drug-likeness (QED) is 0.207. The molecule has 1 rings (SSSR count). The zero-order valence-corrected chi connectivity index (χ0v) is 7.49. The van der Waals surface area contributed by atoms with Gasteiger partial charge in [0.05, 0.1) is 0 Å². The van der Waals surface area contributed by atoms with Crippen LogP contribution in [0.3, 0.4) is 0 Å². The van der Waals surface area contributed by atoms with Crippen molar-refractivity contribution in [2.45, 2.75) is 13.3 Å². The van der Waals surface area contributed by atoms with Crippen molar-refractivity contribution in [1.29, 1.82) is 0 Å². The third-order valence-electron chi connectivity index (χ3n) is 1.85. The predicted octanol–water partition coefficient (Wildman–Crippen LogP) is 0.866. The summed E-state index contributed by atoms with van der Waals surface area (Å²) in [4.78, 5) is 0. The summed E-state index contributed by atoms with van der Waals surface area (Å²) in [5.74, 6) is 0.198. The van der Waals surface area contributed by atoms with E-state index in [1.54, 1.807) is 0 Å². The van der Waals surface area contributed by atoms with E-state index >= 15 is 0 Å². The van der Waals surface area contributed by atoms with E-state index in [4.69, 9.17) is 16.7 Å². The van der Waals surface area contributed by atoms with E-state index in [-0.39, 0.29) is 5.84 Å². The van der Waals surface area contributed by atoms with Gasteiger partial charge in [0.2, 0.25) is 0 Å². The highest BCUT2D eigenvalue weighted by molar-refractivity contribution is 5.82. The molecule has 70 valence electrons. The fraction of sp³-hybridized carbons (Fsp3) is 0.222. The first-order chi connectivity index (χ1) is 6.13. The van der Waals surface area contributed by atoms with Crippen LogP contribution in [0.1, 0.15) is 11.1 Å². The molecule has 1 aromatic rings. The van der Waals surface area contributed by atoms with Crippen molar-refractivity contribution in [1.82, 2.24) is 0 Å². The average Bonchev–Trinajstić information content (AvgIpc) is 2.11. The molecule has 0 aliphatic heterocycles. The molecule has 1 aromatic carbocycles. The maximum atomic E-state index is 8.36. The molecule has 4 heteroatoms. The van der Waals surface area contributed by atoms with Crippen LogP contribution in [0, 0.1) is 6.92 Å². The summed E-state index contributed by atoms with van der Waals surface area (Å²) in [6.07, 6.45) is 0.442. The van der Waals surface area contributed by atoms with E-state index in [9.17, 15) is 0 Å². The number of amidine groups is 1. The molecule has 0 saturated heterocycles. The summed E-state index contributed by atoms with van der Waals surface area (Å²) in [5, 5.41) is 11.3. The van der Waals surface area contributed by atoms with Crippen LogP contribution in [0.25, 0.3) is 0 Å². The Morgan fingerprint density at radius 3 is 2.77 bits per heavy atom. The Kier molecular flexibility index (Phi) is 2.74. The first kappa shape index (κ1) is 9.38. The van der Waals surface area contributed by atoms with Gasteiger partial charge in [0.1, 0.15) is 5.84 Å². The minimum Gasteiger partial charge on any atom is -0.409 e. The highest BCUT2D eigenvalue weighted by Crippen LogP contribution is 2.12. The molecule has 0 atom stereocenters. The van der Waals surface area contributed by atoms with Gasteiger partial charge in [-0.3, -0.25) is 0 Å². The second-order valence-corrected chi connectivity index (χ2v) is 2.96. The van der Waals surface area contributed by atoms with Gasteiger partial charge >= 0.3 is 0 Å². The summed E-state index contributed by atoms with van der Waals surface area (Å²) >= 11 is 0. The molecular weight excluding hydrogens is 166 g/mol. The predicted molar refractivity (Wildman–Crippen MR) is 52.7 cm³/mol. The zero-order valence-electron chi connectivity index (χ0n) is 7.49. The van der Waals surface area contributed by atoms with Crippen LogP contribution in [0.4, 0.5) is 5.69 Å². The molecule has 5 N–H and O–H groups in total. The molecule has 0 amide bonds. The molecule has 0 aliphatic carbocycles. The standard InChI is InChI=1S/C9H13N3O/c1-6-4-7(2-3-8(6)10)5-9(11)12-13/h2-4,13H,5,10H2,1H3,(H2,11,12). The summed E-state index contributed by atoms with van der Waals surface area (Å²) in [6.45, 7) is 1.92. The largest absolute Gasteiger partial charge is 0.409 e. The van der Waals surface area contributed by atoms with E-state index in [1.807, 2.05) is 25.1 Å². The number of hydrogen-bond donors (Lipinski definition) is 3. The normalized spacial score (nSPS) is 11.6. The first-order valence-electron chi connectivity index (χ1n) is 3.95. The minimum atomic E-state index is 0.198. The average molecular weight is 179 g/mol. The molecule has 0 radical (unpaired) electrons. The number of rotatable bonds is 2. The van der Waals surface area contributed by atoms with Crippen LogP contribution in [0.5, 0.6) is 0 Å². The highest BCUT2D eigenvalue weighted by Gasteiger charge is 1.99. The van der Waals surface area contributed by atoms with E-state index in [0.29, 0.717) is 6.42 Å². The van der Waals surface area contributed by atoms with E-state index in [2.05, 4.69) is 5.16 Å². The van der Waals surface area contributed by atoms with Crippen LogP contribution >= 0.6 is 0 Å². The molecule has 0 bridgehead atoms. The Morgan fingerprint density at radius 1 is 1.54 bits per heavy atom. The lowest BCUT2D eigenvalue weighted by atomic mass is 10.1. The van der Waals surface area contributed by atoms with Gasteiger partial charge in [0, 0.05) is 12.1 Å². The molecular formula is C9H13N3O. The monoisotopic (exact) mass is 179 g/mol. The fourth-order valence-electron chi connectivity index (χ4n) is 1.09. The molecule has 0 spiro atoms. The van der Waals surface area contributed by atoms with E-state index in [0.717, 1.165) is 16.8 Å². The third-order valence-corrected chi connectivity index (χ3v) is 1.85. The lowest BCUT2D eigenvalue weighted by Crippen LogP contribution is -2.14. The fourth-order valence-corrected chi connectivity index (χ4v) is 1.09. The Bertz CT molecular complexity index is 334. The SMILES string of the molecule is Cc1cc(CC(N)=NO)ccc1N. The summed E-state index contributed by atoms with van der Waals surface area (Å²) in [5.41, 5.74) is 13.7. The smallest absolute Gasteiger partial charge is 0.143 e. The van der Waals surface area contributed by atoms with Gasteiger partial charge in [0.15, 0.2) is 0 Å². The molecule has 0 saturated carbocycles. The Labute approximate surface area is 76.8 Å². The number of hydrogen-bond acceptors (Lipinski definition) is 3. The highest BCUT2D eigenvalue weighted by atomic mass is 16.4. The van der Waals surface area contributed by atoms with Crippen molar-refractivity contribution < 1.29 is 5.21 Å². The molecule has 0 aliphatic rings. The summed E-state index contributed by atoms with van der Waals surface area (Å²) in [7, 11) is 0. The number of aryl methyl sites for hydroxylation is 1. The van der Waals surface area contributed by atoms with Gasteiger partial charge in [-0.1, -0.05) is 17.3 Å². The van der Waals surface area contributed by atoms with Gasteiger partial charge in [0.25, 0.3) is 0 Å². The van der Waals surface area contributed by atoms with Crippen molar-refractivity contribution in [2.75, 3.05) is 5.73 Å². The number of anilines is 1. The first-order valence-corrected chi connectivity index (χ1v) is 3.95. The lowest BCUT2D eigenvalue weighted by molar-refractivity contribution is 0.317. The van der Waals surface area contributed by atoms with Crippen LogP contribution < -0.4 is 11.5 Å². The molecule has 0 heterocycles. The number of oxime groups is 1. The van der Waals surface area contributed by atoms with Crippen LogP contribution in [0.15, 0.2) is 23.4 Å². The molecule has 0 fully saturated rings. The Morgan fingerprint density at radius 2 is 2.23 bits per heavy atom. The minimum absolute atomic E-state index is 0.198. The summed E-state index contributed by atoms with van der Waals surface area (Å²) < 4.78 is 0. The van der Waals surface area contributed by atoms with Crippen LogP contribution in [-0.4, -0.2) is 11.0 Å². The second kappa shape index (κ2) is 3.80. The maximum absolute atomic E-state index is 8.36. The third kappa shape index (κ3) is 2.37. The van der Waals surface area contributed by atoms with Crippen molar-refractivity contribution >= 4 is 11.5 Å². The number of nitrogens with zero attached hydrogens (tertiary/aromatic N) is 1. The lowest BCUT2D eigenvalue weighted by Gasteiger charge is -2.03. The van der Waals surface area contributed by atoms with Gasteiger partial charge in [-0.2, -0.15) is 0 Å². The van der Waals surface area contributed by atoms with Crippen LogP contribution in [0.2, 0.25) is 0 Å². The molecule has 0 aromatic heterocycles. The van der Waals surface area contributed by atoms with Crippen LogP contribution in [-0.2, 0) is 6.42 Å². The maximum Gasteiger partial charge on any atom is 0.143 e. The van der Waals surface area contributed by atoms with Gasteiger partial charge in [-0.25, -0.2) is 0 Å². The number of benzene rings is 1. The number of nitrogen functional groups attached to an aromatic ring is 1. The van der Waals surface area contributed by atoms with Crippen molar-refractivity contribution in [3.63, 3.8) is 0 Å². The number of nitrogens with two attached hydrogens (primary N) is 2. The molecule has 0 unspecified atom stereocenters. The van der Waals surface area contributed by atoms with Gasteiger partial charge in [-0.05, 0) is 24.1 Å². The second-order valence-electron chi connectivity index (χ2n) is 2.96. The Balaban J connectivity index is 2.86. The van der Waals surface area contributed by atoms with E-state index < -0.39 is 0 Å². The zero-order chi connectivity index (χ0) is 9.84. The summed E-state index contributed by atoms with van der Waals surface area (Å²) in [6, 6.07) is 5.60. The van der Waals surface area contributed by atoms with Gasteiger partial charge in [-0.15, -0.1) is 0 Å².